The molecule has 0 radical (unpaired) electrons. The van der Waals surface area contributed by atoms with Crippen LogP contribution in [-0.2, 0) is 16.8 Å². The molecule has 4 N–H and O–H groups in total. The Kier molecular flexibility index (Phi) is 4.91. The van der Waals surface area contributed by atoms with Crippen molar-refractivity contribution in [2.75, 3.05) is 0 Å². The van der Waals surface area contributed by atoms with E-state index in [9.17, 15) is 9.59 Å². The smallest absolute Gasteiger partial charge is 0.307 e. The maximum absolute atomic E-state index is 13.5. The topological polar surface area (TPSA) is 117 Å². The Labute approximate surface area is 174 Å². The molecule has 0 saturated heterocycles. The number of carboxylic acids is 1. The number of nitrogens with zero attached hydrogens (tertiary/aromatic N) is 1. The fourth-order valence-electron chi connectivity index (χ4n) is 3.96. The van der Waals surface area contributed by atoms with Crippen molar-refractivity contribution in [3.8, 4) is 0 Å². The predicted molar refractivity (Wildman–Crippen MR) is 116 cm³/mol. The van der Waals surface area contributed by atoms with Crippen LogP contribution >= 0.6 is 0 Å². The molecule has 2 aliphatic rings. The summed E-state index contributed by atoms with van der Waals surface area (Å²) >= 11 is 0. The molecule has 0 aromatic heterocycles. The Balaban J connectivity index is 1.74. The first-order valence-corrected chi connectivity index (χ1v) is 9.66. The summed E-state index contributed by atoms with van der Waals surface area (Å²) in [5, 5.41) is 16.6. The highest BCUT2D eigenvalue weighted by atomic mass is 16.4. The van der Waals surface area contributed by atoms with E-state index in [0.717, 1.165) is 35.1 Å². The van der Waals surface area contributed by atoms with Gasteiger partial charge in [0.05, 0.1) is 6.42 Å². The maximum Gasteiger partial charge on any atom is 0.307 e. The fraction of sp³-hybridized carbons (Fsp3) is 0.167. The Hall–Kier alpha value is -3.80. The van der Waals surface area contributed by atoms with Gasteiger partial charge in [-0.2, -0.15) is 0 Å². The summed E-state index contributed by atoms with van der Waals surface area (Å²) in [5.74, 6) is -1.07. The second-order valence-corrected chi connectivity index (χ2v) is 7.51. The highest BCUT2D eigenvalue weighted by Crippen LogP contribution is 2.37. The number of rotatable bonds is 6. The minimum atomic E-state index is -1.16. The number of nitrogens with one attached hydrogen (secondary N) is 1. The second kappa shape index (κ2) is 7.55. The van der Waals surface area contributed by atoms with Crippen molar-refractivity contribution in [1.82, 2.24) is 0 Å². The Morgan fingerprint density at radius 2 is 1.83 bits per heavy atom. The van der Waals surface area contributed by atoms with Gasteiger partial charge in [-0.3, -0.25) is 20.0 Å². The van der Waals surface area contributed by atoms with Crippen molar-refractivity contribution in [2.45, 2.75) is 24.8 Å². The minimum absolute atomic E-state index is 0.0221. The Morgan fingerprint density at radius 3 is 2.47 bits per heavy atom. The quantitative estimate of drug-likeness (QED) is 0.391. The number of allylic oxidation sites excluding steroid dienone is 1. The molecule has 1 aliphatic heterocycles. The van der Waals surface area contributed by atoms with E-state index in [0.29, 0.717) is 11.1 Å². The van der Waals surface area contributed by atoms with E-state index in [2.05, 4.69) is 4.99 Å². The van der Waals surface area contributed by atoms with Crippen LogP contribution in [0.4, 0.5) is 0 Å². The molecule has 1 aliphatic carbocycles. The molecule has 1 heterocycles. The number of carboxylic acid groups (broad SMARTS) is 1. The lowest BCUT2D eigenvalue weighted by atomic mass is 9.80. The van der Waals surface area contributed by atoms with Crippen LogP contribution in [0.1, 0.15) is 45.5 Å². The number of benzene rings is 2. The Bertz CT molecular complexity index is 1130. The molecular weight excluding hydrogens is 378 g/mol. The van der Waals surface area contributed by atoms with Gasteiger partial charge in [-0.15, -0.1) is 0 Å². The third kappa shape index (κ3) is 3.48. The van der Waals surface area contributed by atoms with Crippen LogP contribution in [0, 0.1) is 5.41 Å². The monoisotopic (exact) mass is 399 g/mol. The molecule has 0 amide bonds. The minimum Gasteiger partial charge on any atom is -0.481 e. The molecule has 1 unspecified atom stereocenters. The molecule has 30 heavy (non-hydrogen) atoms. The second-order valence-electron chi connectivity index (χ2n) is 7.51. The van der Waals surface area contributed by atoms with E-state index in [1.165, 1.54) is 0 Å². The van der Waals surface area contributed by atoms with Crippen molar-refractivity contribution < 1.29 is 14.7 Å². The van der Waals surface area contributed by atoms with Gasteiger partial charge in [-0.1, -0.05) is 48.0 Å². The van der Waals surface area contributed by atoms with E-state index >= 15 is 0 Å². The number of fused-ring (bicyclic) bond motifs is 1. The number of nitrogen functional groups attached to an aromatic ring is 1. The van der Waals surface area contributed by atoms with Crippen molar-refractivity contribution in [3.63, 3.8) is 0 Å². The molecule has 150 valence electrons. The number of amidine groups is 1. The normalized spacial score (nSPS) is 19.3. The summed E-state index contributed by atoms with van der Waals surface area (Å²) in [5.41, 5.74) is 9.05. The SMILES string of the molecule is N=C(N)c1ccc(C(=O)C2(c3ccc4c(c3)C=C(CC(=O)O)CC4)C=CC=N2)cc1. The van der Waals surface area contributed by atoms with Crippen molar-refractivity contribution in [1.29, 1.82) is 5.41 Å². The first-order chi connectivity index (χ1) is 14.4. The molecule has 0 fully saturated rings. The van der Waals surface area contributed by atoms with Crippen LogP contribution in [0.25, 0.3) is 6.08 Å². The number of Topliss-reactive ketones (excluding diaryl/α,β-unsaturated/α-hetero) is 1. The van der Waals surface area contributed by atoms with Crippen molar-refractivity contribution in [3.05, 3.63) is 88.0 Å². The predicted octanol–water partition coefficient (Wildman–Crippen LogP) is 3.49. The molecule has 0 bridgehead atoms. The summed E-state index contributed by atoms with van der Waals surface area (Å²) in [6.07, 6.45) is 8.60. The van der Waals surface area contributed by atoms with Crippen molar-refractivity contribution >= 4 is 29.9 Å². The van der Waals surface area contributed by atoms with Gasteiger partial charge < -0.3 is 10.8 Å². The zero-order chi connectivity index (χ0) is 21.3. The standard InChI is InChI=1S/C24H21N3O3/c25-23(26)18-6-4-17(5-7-18)22(30)24(10-1-11-27-24)20-9-8-16-3-2-15(13-21(28)29)12-19(16)14-20/h1,4-12,14H,2-3,13H2,(H3,25,26)(H,28,29). The van der Waals surface area contributed by atoms with E-state index in [1.54, 1.807) is 42.6 Å². The highest BCUT2D eigenvalue weighted by molar-refractivity contribution is 6.08. The van der Waals surface area contributed by atoms with Crippen LogP contribution in [0.5, 0.6) is 0 Å². The molecule has 0 spiro atoms. The van der Waals surface area contributed by atoms with Gasteiger partial charge in [-0.25, -0.2) is 0 Å². The molecule has 2 aromatic carbocycles. The van der Waals surface area contributed by atoms with E-state index in [4.69, 9.17) is 16.2 Å². The van der Waals surface area contributed by atoms with Gasteiger partial charge in [0.2, 0.25) is 0 Å². The van der Waals surface area contributed by atoms with Gasteiger partial charge >= 0.3 is 5.97 Å². The first-order valence-electron chi connectivity index (χ1n) is 9.66. The average Bonchev–Trinajstić information content (AvgIpc) is 3.23. The van der Waals surface area contributed by atoms with Gasteiger partial charge in [0.1, 0.15) is 5.84 Å². The zero-order valence-electron chi connectivity index (χ0n) is 16.3. The average molecular weight is 399 g/mol. The number of aliphatic imine (C=N–C) groups is 1. The molecule has 0 saturated carbocycles. The number of hydrogen-bond acceptors (Lipinski definition) is 4. The van der Waals surface area contributed by atoms with Crippen LogP contribution in [0.15, 0.2) is 65.2 Å². The number of nitrogens with two attached hydrogens (primary N) is 1. The van der Waals surface area contributed by atoms with Gasteiger partial charge in [0, 0.05) is 17.3 Å². The maximum atomic E-state index is 13.5. The van der Waals surface area contributed by atoms with Crippen LogP contribution in [0.2, 0.25) is 0 Å². The highest BCUT2D eigenvalue weighted by Gasteiger charge is 2.39. The molecular formula is C24H21N3O3. The Morgan fingerprint density at radius 1 is 1.10 bits per heavy atom. The lowest BCUT2D eigenvalue weighted by molar-refractivity contribution is -0.136. The summed E-state index contributed by atoms with van der Waals surface area (Å²) < 4.78 is 0. The largest absolute Gasteiger partial charge is 0.481 e. The third-order valence-corrected chi connectivity index (χ3v) is 5.55. The number of aliphatic carboxylic acids is 1. The lowest BCUT2D eigenvalue weighted by Gasteiger charge is -2.26. The van der Waals surface area contributed by atoms with E-state index in [-0.39, 0.29) is 18.0 Å². The molecule has 6 heteroatoms. The fourth-order valence-corrected chi connectivity index (χ4v) is 3.96. The van der Waals surface area contributed by atoms with E-state index in [1.807, 2.05) is 24.3 Å². The summed E-state index contributed by atoms with van der Waals surface area (Å²) in [4.78, 5) is 29.1. The lowest BCUT2D eigenvalue weighted by Crippen LogP contribution is -2.31. The summed E-state index contributed by atoms with van der Waals surface area (Å²) in [6.45, 7) is 0. The van der Waals surface area contributed by atoms with Crippen LogP contribution in [-0.4, -0.2) is 28.9 Å². The third-order valence-electron chi connectivity index (χ3n) is 5.55. The van der Waals surface area contributed by atoms with E-state index < -0.39 is 11.5 Å². The van der Waals surface area contributed by atoms with Gasteiger partial charge in [-0.05, 0) is 47.8 Å². The zero-order valence-corrected chi connectivity index (χ0v) is 16.3. The number of carbonyl (C=O) groups excluding carboxylic acids is 1. The first kappa shape index (κ1) is 19.5. The molecule has 4 rings (SSSR count). The van der Waals surface area contributed by atoms with Gasteiger partial charge in [0.25, 0.3) is 0 Å². The number of ketones is 1. The van der Waals surface area contributed by atoms with Crippen LogP contribution in [0.3, 0.4) is 0 Å². The van der Waals surface area contributed by atoms with Crippen LogP contribution < -0.4 is 5.73 Å². The van der Waals surface area contributed by atoms with Gasteiger partial charge in [0.15, 0.2) is 11.3 Å². The number of aryl methyl sites for hydroxylation is 1. The molecule has 6 nitrogen and oxygen atoms in total. The summed E-state index contributed by atoms with van der Waals surface area (Å²) in [6, 6.07) is 12.5. The summed E-state index contributed by atoms with van der Waals surface area (Å²) in [7, 11) is 0. The number of hydrogen-bond donors (Lipinski definition) is 3. The number of carbonyl (C=O) groups is 2. The van der Waals surface area contributed by atoms with Crippen molar-refractivity contribution in [2.24, 2.45) is 10.7 Å². The molecule has 1 atom stereocenters. The molecule has 2 aromatic rings.